The number of allylic oxidation sites excluding steroid dienone is 4. The van der Waals surface area contributed by atoms with E-state index in [0.29, 0.717) is 17.5 Å². The molecule has 2 fully saturated rings. The molecule has 1 aromatic carbocycles. The lowest BCUT2D eigenvalue weighted by atomic mass is 9.65. The van der Waals surface area contributed by atoms with Crippen molar-refractivity contribution in [2.24, 2.45) is 29.6 Å². The fourth-order valence-corrected chi connectivity index (χ4v) is 7.36. The van der Waals surface area contributed by atoms with Crippen LogP contribution < -0.4 is 0 Å². The third-order valence-corrected chi connectivity index (χ3v) is 9.50. The summed E-state index contributed by atoms with van der Waals surface area (Å²) in [5, 5.41) is 0. The average molecular weight is 469 g/mol. The van der Waals surface area contributed by atoms with Crippen LogP contribution in [-0.2, 0) is 6.42 Å². The van der Waals surface area contributed by atoms with Crippen LogP contribution in [0.25, 0.3) is 5.57 Å². The van der Waals surface area contributed by atoms with E-state index in [4.69, 9.17) is 0 Å². The maximum absolute atomic E-state index is 14.7. The van der Waals surface area contributed by atoms with Crippen molar-refractivity contribution >= 4 is 5.57 Å². The van der Waals surface area contributed by atoms with Gasteiger partial charge in [-0.15, -0.1) is 0 Å². The third-order valence-electron chi connectivity index (χ3n) is 9.50. The Morgan fingerprint density at radius 1 is 0.824 bits per heavy atom. The van der Waals surface area contributed by atoms with Crippen molar-refractivity contribution < 1.29 is 8.78 Å². The van der Waals surface area contributed by atoms with Crippen LogP contribution in [0.1, 0.15) is 115 Å². The summed E-state index contributed by atoms with van der Waals surface area (Å²) < 4.78 is 29.2. The largest absolute Gasteiger partial charge is 0.203 e. The normalized spacial score (nSPS) is 30.5. The number of benzene rings is 1. The molecule has 0 saturated heterocycles. The lowest BCUT2D eigenvalue weighted by Crippen LogP contribution is -2.28. The molecule has 0 aliphatic heterocycles. The number of hydrogen-bond donors (Lipinski definition) is 0. The van der Waals surface area contributed by atoms with Gasteiger partial charge in [0.2, 0.25) is 0 Å². The second-order valence-corrected chi connectivity index (χ2v) is 11.5. The predicted octanol–water partition coefficient (Wildman–Crippen LogP) is 10.1. The van der Waals surface area contributed by atoms with E-state index in [2.05, 4.69) is 25.2 Å². The summed E-state index contributed by atoms with van der Waals surface area (Å²) in [4.78, 5) is 0. The molecule has 1 unspecified atom stereocenters. The van der Waals surface area contributed by atoms with Crippen molar-refractivity contribution in [3.63, 3.8) is 0 Å². The van der Waals surface area contributed by atoms with Crippen molar-refractivity contribution in [2.75, 3.05) is 0 Å². The second kappa shape index (κ2) is 12.5. The van der Waals surface area contributed by atoms with Crippen molar-refractivity contribution in [3.8, 4) is 0 Å². The van der Waals surface area contributed by atoms with Gasteiger partial charge in [0.05, 0.1) is 0 Å². The predicted molar refractivity (Wildman–Crippen MR) is 141 cm³/mol. The molecular weight excluding hydrogens is 422 g/mol. The van der Waals surface area contributed by atoms with Gasteiger partial charge in [-0.3, -0.25) is 0 Å². The summed E-state index contributed by atoms with van der Waals surface area (Å²) >= 11 is 0. The van der Waals surface area contributed by atoms with Crippen molar-refractivity contribution in [1.82, 2.24) is 0 Å². The lowest BCUT2D eigenvalue weighted by Gasteiger charge is -2.40. The van der Waals surface area contributed by atoms with Gasteiger partial charge in [0.25, 0.3) is 0 Å². The topological polar surface area (TPSA) is 0 Å². The van der Waals surface area contributed by atoms with Gasteiger partial charge >= 0.3 is 0 Å². The Balaban J connectivity index is 1.24. The highest BCUT2D eigenvalue weighted by atomic mass is 19.2. The first-order valence-electron chi connectivity index (χ1n) is 14.4. The van der Waals surface area contributed by atoms with E-state index in [1.807, 2.05) is 13.0 Å². The molecule has 0 amide bonds. The van der Waals surface area contributed by atoms with Crippen LogP contribution in [-0.4, -0.2) is 0 Å². The van der Waals surface area contributed by atoms with E-state index in [0.717, 1.165) is 60.8 Å². The minimum absolute atomic E-state index is 0.501. The van der Waals surface area contributed by atoms with Gasteiger partial charge < -0.3 is 0 Å². The standard InChI is InChI=1S/C32H46F2/c1-3-5-6-8-23-9-11-24(12-10-23)25-13-15-26(16-14-25)27-17-19-28(20-18-27)30-22-21-29(7-4-2)31(33)32(30)34/h3,5,19,21-27H,4,6-18,20H2,1-2H3/b5-3+. The molecule has 188 valence electrons. The molecule has 34 heavy (non-hydrogen) atoms. The van der Waals surface area contributed by atoms with E-state index >= 15 is 0 Å². The van der Waals surface area contributed by atoms with Gasteiger partial charge in [-0.2, -0.15) is 0 Å². The first kappa shape index (κ1) is 25.6. The monoisotopic (exact) mass is 468 g/mol. The minimum Gasteiger partial charge on any atom is -0.203 e. The fraction of sp³-hybridized carbons (Fsp3) is 0.688. The van der Waals surface area contributed by atoms with Crippen molar-refractivity contribution in [1.29, 1.82) is 0 Å². The summed E-state index contributed by atoms with van der Waals surface area (Å²) in [5.41, 5.74) is 2.04. The van der Waals surface area contributed by atoms with Gasteiger partial charge in [-0.25, -0.2) is 8.78 Å². The van der Waals surface area contributed by atoms with Crippen LogP contribution in [0.3, 0.4) is 0 Å². The van der Waals surface area contributed by atoms with Crippen LogP contribution in [0, 0.1) is 41.2 Å². The Kier molecular flexibility index (Phi) is 9.43. The SMILES string of the molecule is C/C=C/CCC1CCC(C2CCC(C3CC=C(c4ccc(CCC)c(F)c4F)CC3)CC2)CC1. The third kappa shape index (κ3) is 6.21. The van der Waals surface area contributed by atoms with Gasteiger partial charge in [0, 0.05) is 5.56 Å². The smallest absolute Gasteiger partial charge is 0.166 e. The first-order chi connectivity index (χ1) is 16.6. The molecule has 0 spiro atoms. The number of halogens is 2. The molecule has 2 saturated carbocycles. The molecule has 0 bridgehead atoms. The molecule has 0 heterocycles. The summed E-state index contributed by atoms with van der Waals surface area (Å²) in [6.07, 6.45) is 25.3. The summed E-state index contributed by atoms with van der Waals surface area (Å²) in [6.45, 7) is 4.13. The van der Waals surface area contributed by atoms with Gasteiger partial charge in [0.15, 0.2) is 11.6 Å². The average Bonchev–Trinajstić information content (AvgIpc) is 2.88. The summed E-state index contributed by atoms with van der Waals surface area (Å²) in [6, 6.07) is 3.61. The maximum atomic E-state index is 14.7. The number of hydrogen-bond acceptors (Lipinski definition) is 0. The molecule has 0 aromatic heterocycles. The molecule has 3 aliphatic carbocycles. The number of aryl methyl sites for hydroxylation is 1. The van der Waals surface area contributed by atoms with Crippen molar-refractivity contribution in [2.45, 2.75) is 110 Å². The van der Waals surface area contributed by atoms with E-state index < -0.39 is 11.6 Å². The Bertz CT molecular complexity index is 835. The molecule has 3 aliphatic rings. The van der Waals surface area contributed by atoms with Gasteiger partial charge in [0.1, 0.15) is 0 Å². The van der Waals surface area contributed by atoms with Gasteiger partial charge in [-0.05, 0) is 125 Å². The first-order valence-corrected chi connectivity index (χ1v) is 14.4. The van der Waals surface area contributed by atoms with Crippen LogP contribution in [0.5, 0.6) is 0 Å². The minimum atomic E-state index is -0.632. The van der Waals surface area contributed by atoms with E-state index in [-0.39, 0.29) is 0 Å². The zero-order valence-electron chi connectivity index (χ0n) is 21.6. The highest BCUT2D eigenvalue weighted by molar-refractivity contribution is 5.67. The molecule has 0 radical (unpaired) electrons. The molecule has 4 rings (SSSR count). The molecular formula is C32H46F2. The van der Waals surface area contributed by atoms with Crippen LogP contribution in [0.2, 0.25) is 0 Å². The molecule has 1 atom stereocenters. The molecule has 1 aromatic rings. The van der Waals surface area contributed by atoms with Crippen LogP contribution in [0.15, 0.2) is 30.4 Å². The van der Waals surface area contributed by atoms with E-state index in [1.54, 1.807) is 6.07 Å². The Morgan fingerprint density at radius 3 is 2.06 bits per heavy atom. The van der Waals surface area contributed by atoms with E-state index in [1.165, 1.54) is 64.2 Å². The zero-order valence-corrected chi connectivity index (χ0v) is 21.6. The summed E-state index contributed by atoms with van der Waals surface area (Å²) in [5.74, 6) is 3.21. The highest BCUT2D eigenvalue weighted by Crippen LogP contribution is 2.46. The molecule has 0 N–H and O–H groups in total. The van der Waals surface area contributed by atoms with Crippen LogP contribution >= 0.6 is 0 Å². The Hall–Kier alpha value is -1.44. The zero-order chi connectivity index (χ0) is 23.9. The Labute approximate surface area is 207 Å². The van der Waals surface area contributed by atoms with Crippen LogP contribution in [0.4, 0.5) is 8.78 Å². The second-order valence-electron chi connectivity index (χ2n) is 11.5. The molecule has 2 heteroatoms. The lowest BCUT2D eigenvalue weighted by molar-refractivity contribution is 0.121. The highest BCUT2D eigenvalue weighted by Gasteiger charge is 2.34. The van der Waals surface area contributed by atoms with E-state index in [9.17, 15) is 8.78 Å². The number of rotatable bonds is 8. The quantitative estimate of drug-likeness (QED) is 0.333. The maximum Gasteiger partial charge on any atom is 0.166 e. The Morgan fingerprint density at radius 2 is 1.47 bits per heavy atom. The van der Waals surface area contributed by atoms with Crippen molar-refractivity contribution in [3.05, 3.63) is 53.1 Å². The molecule has 0 nitrogen and oxygen atoms in total. The van der Waals surface area contributed by atoms with Gasteiger partial charge in [-0.1, -0.05) is 56.5 Å². The fourth-order valence-electron chi connectivity index (χ4n) is 7.36. The summed E-state index contributed by atoms with van der Waals surface area (Å²) in [7, 11) is 0.